The number of alkyl halides is 3. The number of carbonyl (C=O) groups excluding carboxylic acids is 1. The van der Waals surface area contributed by atoms with E-state index in [-0.39, 0.29) is 29.0 Å². The highest BCUT2D eigenvalue weighted by Crippen LogP contribution is 2.42. The second kappa shape index (κ2) is 8.98. The van der Waals surface area contributed by atoms with Crippen LogP contribution in [0.5, 0.6) is 5.75 Å². The summed E-state index contributed by atoms with van der Waals surface area (Å²) < 4.78 is 68.0. The van der Waals surface area contributed by atoms with Crippen molar-refractivity contribution in [2.45, 2.75) is 50.2 Å². The van der Waals surface area contributed by atoms with Gasteiger partial charge in [-0.25, -0.2) is 9.37 Å². The predicted octanol–water partition coefficient (Wildman–Crippen LogP) is 4.85. The number of aromatic nitrogens is 2. The quantitative estimate of drug-likeness (QED) is 0.501. The van der Waals surface area contributed by atoms with Crippen molar-refractivity contribution in [3.05, 3.63) is 58.7 Å². The molecule has 3 aliphatic rings. The van der Waals surface area contributed by atoms with Gasteiger partial charge in [-0.2, -0.15) is 0 Å². The van der Waals surface area contributed by atoms with Gasteiger partial charge in [0.15, 0.2) is 5.79 Å². The number of amides is 1. The van der Waals surface area contributed by atoms with Crippen LogP contribution in [0.1, 0.15) is 52.4 Å². The number of nitrogens with zero attached hydrogens (tertiary/aromatic N) is 2. The maximum absolute atomic E-state index is 15.2. The van der Waals surface area contributed by atoms with Crippen LogP contribution < -0.4 is 4.74 Å². The SMILES string of the molecule is O=C(c1ccc(OC(F)(F)F)cc1)N1CCC(c2c(F)cnc3[nH]c4c(c23)CCC2(C4)OCCO2)CC1. The number of hydrogen-bond donors (Lipinski definition) is 1. The summed E-state index contributed by atoms with van der Waals surface area (Å²) >= 11 is 0. The van der Waals surface area contributed by atoms with Crippen LogP contribution in [0.15, 0.2) is 30.5 Å². The Labute approximate surface area is 209 Å². The Kier molecular flexibility index (Phi) is 5.87. The number of aryl methyl sites for hydroxylation is 1. The lowest BCUT2D eigenvalue weighted by atomic mass is 9.84. The van der Waals surface area contributed by atoms with Crippen LogP contribution >= 0.6 is 0 Å². The minimum Gasteiger partial charge on any atom is -0.406 e. The lowest BCUT2D eigenvalue weighted by Gasteiger charge is -2.33. The molecule has 1 amide bonds. The first kappa shape index (κ1) is 24.2. The average molecular weight is 519 g/mol. The van der Waals surface area contributed by atoms with Crippen LogP contribution in [-0.4, -0.2) is 59.2 Å². The average Bonchev–Trinajstić information content (AvgIpc) is 3.47. The van der Waals surface area contributed by atoms with Crippen LogP contribution in [0.4, 0.5) is 17.6 Å². The van der Waals surface area contributed by atoms with E-state index in [2.05, 4.69) is 14.7 Å². The summed E-state index contributed by atoms with van der Waals surface area (Å²) in [5.41, 5.74) is 3.58. The third-order valence-electron chi connectivity index (χ3n) is 7.55. The predicted molar refractivity (Wildman–Crippen MR) is 124 cm³/mol. The number of ether oxygens (including phenoxy) is 3. The maximum Gasteiger partial charge on any atom is 0.573 e. The summed E-state index contributed by atoms with van der Waals surface area (Å²) in [6.07, 6.45) is -0.458. The summed E-state index contributed by atoms with van der Waals surface area (Å²) in [5, 5.41) is 0.827. The fourth-order valence-electron chi connectivity index (χ4n) is 5.87. The highest BCUT2D eigenvalue weighted by Gasteiger charge is 2.42. The molecule has 7 nitrogen and oxygen atoms in total. The van der Waals surface area contributed by atoms with Crippen LogP contribution in [0.2, 0.25) is 0 Å². The van der Waals surface area contributed by atoms with E-state index in [9.17, 15) is 18.0 Å². The molecule has 2 aliphatic heterocycles. The van der Waals surface area contributed by atoms with E-state index < -0.39 is 12.1 Å². The van der Waals surface area contributed by atoms with Crippen molar-refractivity contribution < 1.29 is 36.6 Å². The van der Waals surface area contributed by atoms with E-state index in [0.717, 1.165) is 28.8 Å². The van der Waals surface area contributed by atoms with Crippen molar-refractivity contribution in [2.24, 2.45) is 0 Å². The largest absolute Gasteiger partial charge is 0.573 e. The van der Waals surface area contributed by atoms with Crippen molar-refractivity contribution in [2.75, 3.05) is 26.3 Å². The van der Waals surface area contributed by atoms with Gasteiger partial charge in [-0.1, -0.05) is 0 Å². The number of nitrogens with one attached hydrogen (secondary N) is 1. The molecule has 37 heavy (non-hydrogen) atoms. The van der Waals surface area contributed by atoms with Crippen LogP contribution in [0.3, 0.4) is 0 Å². The van der Waals surface area contributed by atoms with Gasteiger partial charge in [0.2, 0.25) is 0 Å². The van der Waals surface area contributed by atoms with Crippen molar-refractivity contribution >= 4 is 16.9 Å². The van der Waals surface area contributed by atoms with Crippen molar-refractivity contribution in [3.63, 3.8) is 0 Å². The number of halogens is 4. The van der Waals surface area contributed by atoms with E-state index >= 15 is 4.39 Å². The van der Waals surface area contributed by atoms with Gasteiger partial charge >= 0.3 is 6.36 Å². The van der Waals surface area contributed by atoms with E-state index in [4.69, 9.17) is 9.47 Å². The molecule has 0 radical (unpaired) electrons. The van der Waals surface area contributed by atoms with Gasteiger partial charge < -0.3 is 24.1 Å². The number of likely N-dealkylation sites (tertiary alicyclic amines) is 1. The summed E-state index contributed by atoms with van der Waals surface area (Å²) in [7, 11) is 0. The zero-order valence-corrected chi connectivity index (χ0v) is 19.9. The van der Waals surface area contributed by atoms with Gasteiger partial charge in [0, 0.05) is 48.1 Å². The number of fused-ring (bicyclic) bond motifs is 3. The minimum absolute atomic E-state index is 0.0909. The summed E-state index contributed by atoms with van der Waals surface area (Å²) in [4.78, 5) is 22.3. The van der Waals surface area contributed by atoms with Gasteiger partial charge in [0.25, 0.3) is 5.91 Å². The lowest BCUT2D eigenvalue weighted by Crippen LogP contribution is -2.38. The van der Waals surface area contributed by atoms with E-state index in [1.54, 1.807) is 4.90 Å². The Hall–Kier alpha value is -3.18. The highest BCUT2D eigenvalue weighted by molar-refractivity contribution is 5.94. The molecule has 2 aromatic heterocycles. The summed E-state index contributed by atoms with van der Waals surface area (Å²) in [6, 6.07) is 4.88. The van der Waals surface area contributed by atoms with Crippen LogP contribution in [0, 0.1) is 5.82 Å². The number of pyridine rings is 1. The normalized spacial score (nSPS) is 19.9. The summed E-state index contributed by atoms with van der Waals surface area (Å²) in [5.74, 6) is -1.72. The lowest BCUT2D eigenvalue weighted by molar-refractivity contribution is -0.274. The third kappa shape index (κ3) is 4.54. The molecule has 2 fully saturated rings. The standard InChI is InChI=1S/C26H25F4N3O4/c27-19-14-31-23-22(18-5-8-25(13-20(18)32-23)35-11-12-36-25)21(19)15-6-9-33(10-7-15)24(34)16-1-3-17(4-2-16)37-26(28,29)30/h1-4,14-15H,5-13H2,(H,31,32). The molecule has 11 heteroatoms. The molecule has 0 bridgehead atoms. The molecule has 6 rings (SSSR count). The van der Waals surface area contributed by atoms with Gasteiger partial charge in [-0.3, -0.25) is 4.79 Å². The monoisotopic (exact) mass is 519 g/mol. The van der Waals surface area contributed by atoms with Gasteiger partial charge in [-0.15, -0.1) is 13.2 Å². The zero-order valence-electron chi connectivity index (χ0n) is 19.9. The highest BCUT2D eigenvalue weighted by atomic mass is 19.4. The maximum atomic E-state index is 15.2. The third-order valence-corrected chi connectivity index (χ3v) is 7.55. The van der Waals surface area contributed by atoms with Crippen molar-refractivity contribution in [1.29, 1.82) is 0 Å². The Morgan fingerprint density at radius 1 is 1.14 bits per heavy atom. The number of benzene rings is 1. The van der Waals surface area contributed by atoms with Gasteiger partial charge in [0.1, 0.15) is 17.2 Å². The molecule has 3 aromatic rings. The first-order valence-electron chi connectivity index (χ1n) is 12.3. The molecule has 0 atom stereocenters. The molecule has 0 saturated carbocycles. The topological polar surface area (TPSA) is 76.7 Å². The van der Waals surface area contributed by atoms with E-state index in [1.165, 1.54) is 18.3 Å². The van der Waals surface area contributed by atoms with Crippen molar-refractivity contribution in [3.8, 4) is 5.75 Å². The smallest absolute Gasteiger partial charge is 0.406 e. The first-order valence-corrected chi connectivity index (χ1v) is 12.3. The summed E-state index contributed by atoms with van der Waals surface area (Å²) in [6.45, 7) is 1.95. The van der Waals surface area contributed by atoms with Gasteiger partial charge in [0.05, 0.1) is 19.4 Å². The number of piperidine rings is 1. The molecule has 4 heterocycles. The molecular formula is C26H25F4N3O4. The fraction of sp³-hybridized carbons (Fsp3) is 0.462. The molecule has 1 spiro atoms. The van der Waals surface area contributed by atoms with Gasteiger partial charge in [-0.05, 0) is 55.0 Å². The number of carbonyl (C=O) groups is 1. The Morgan fingerprint density at radius 3 is 2.51 bits per heavy atom. The number of H-pyrrole nitrogens is 1. The molecule has 1 aliphatic carbocycles. The van der Waals surface area contributed by atoms with Crippen LogP contribution in [-0.2, 0) is 22.3 Å². The Morgan fingerprint density at radius 2 is 1.84 bits per heavy atom. The van der Waals surface area contributed by atoms with E-state index in [1.807, 2.05) is 0 Å². The van der Waals surface area contributed by atoms with Crippen LogP contribution in [0.25, 0.3) is 11.0 Å². The second-order valence-electron chi connectivity index (χ2n) is 9.75. The fourth-order valence-corrected chi connectivity index (χ4v) is 5.87. The molecule has 2 saturated heterocycles. The minimum atomic E-state index is -4.79. The number of rotatable bonds is 3. The Balaban J connectivity index is 1.19. The zero-order chi connectivity index (χ0) is 25.8. The number of aromatic amines is 1. The van der Waals surface area contributed by atoms with E-state index in [0.29, 0.717) is 69.6 Å². The first-order chi connectivity index (χ1) is 17.7. The number of hydrogen-bond acceptors (Lipinski definition) is 5. The molecular weight excluding hydrogens is 494 g/mol. The molecule has 196 valence electrons. The second-order valence-corrected chi connectivity index (χ2v) is 9.75. The van der Waals surface area contributed by atoms with Crippen molar-refractivity contribution in [1.82, 2.24) is 14.9 Å². The molecule has 1 aromatic carbocycles. The molecule has 1 N–H and O–H groups in total. The molecule has 0 unspecified atom stereocenters. The Bertz CT molecular complexity index is 1320.